The minimum absolute atomic E-state index is 0.843. The Morgan fingerprint density at radius 3 is 0.891 bits per heavy atom. The smallest absolute Gasteiger partial charge is 0.0314 e. The molecule has 55 heavy (non-hydrogen) atoms. The summed E-state index contributed by atoms with van der Waals surface area (Å²) in [6.45, 7) is 4.61. The van der Waals surface area contributed by atoms with Gasteiger partial charge in [0.25, 0.3) is 0 Å². The summed E-state index contributed by atoms with van der Waals surface area (Å²) in [6, 6.07) is 31.5. The Bertz CT molecular complexity index is 1450. The highest BCUT2D eigenvalue weighted by molar-refractivity contribution is 5.43. The average molecular weight is 743 g/mol. The molecule has 300 valence electrons. The molecule has 0 unspecified atom stereocenters. The third kappa shape index (κ3) is 18.3. The molecule has 0 atom stereocenters. The average Bonchev–Trinajstić information content (AvgIpc) is 3.19. The van der Waals surface area contributed by atoms with Gasteiger partial charge < -0.3 is 11.5 Å². The summed E-state index contributed by atoms with van der Waals surface area (Å²) in [5, 5.41) is 0. The first kappa shape index (κ1) is 44.2. The van der Waals surface area contributed by atoms with E-state index < -0.39 is 0 Å². The number of hydrogen-bond donors (Lipinski definition) is 2. The van der Waals surface area contributed by atoms with E-state index in [-0.39, 0.29) is 0 Å². The van der Waals surface area contributed by atoms with E-state index in [4.69, 9.17) is 11.5 Å². The molecule has 2 heteroatoms. The quantitative estimate of drug-likeness (QED) is 0.0413. The predicted molar refractivity (Wildman–Crippen MR) is 243 cm³/mol. The summed E-state index contributed by atoms with van der Waals surface area (Å²) >= 11 is 0. The Morgan fingerprint density at radius 2 is 0.564 bits per heavy atom. The fourth-order valence-corrected chi connectivity index (χ4v) is 8.33. The molecular weight excluding hydrogens is 665 g/mol. The van der Waals surface area contributed by atoms with Crippen LogP contribution in [0.15, 0.2) is 84.9 Å². The highest BCUT2D eigenvalue weighted by Gasteiger charge is 2.08. The van der Waals surface area contributed by atoms with Crippen LogP contribution in [0.5, 0.6) is 0 Å². The van der Waals surface area contributed by atoms with Crippen molar-refractivity contribution in [2.75, 3.05) is 11.5 Å². The van der Waals surface area contributed by atoms with E-state index in [0.29, 0.717) is 0 Å². The molecule has 0 bridgehead atoms. The van der Waals surface area contributed by atoms with Crippen molar-refractivity contribution in [3.8, 4) is 0 Å². The molecule has 0 spiro atoms. The number of unbranched alkanes of at least 4 members (excludes halogenated alkanes) is 18. The summed E-state index contributed by atoms with van der Waals surface area (Å²) in [4.78, 5) is 0. The molecule has 4 N–H and O–H groups in total. The van der Waals surface area contributed by atoms with Gasteiger partial charge in [-0.2, -0.15) is 0 Å². The fourth-order valence-electron chi connectivity index (χ4n) is 8.33. The maximum atomic E-state index is 5.94. The number of anilines is 2. The SMILES string of the molecule is CCCCCCCCc1cc(Cc2ccc(N)cc2)ccc1CCCCCCCCCCCc1ccc(Cc2ccc(N)cc2)cc1CCCCCCCC. The Balaban J connectivity index is 1.14. The van der Waals surface area contributed by atoms with Crippen molar-refractivity contribution in [3.05, 3.63) is 129 Å². The predicted octanol–water partition coefficient (Wildman–Crippen LogP) is 15.1. The van der Waals surface area contributed by atoms with Gasteiger partial charge in [-0.1, -0.05) is 184 Å². The van der Waals surface area contributed by atoms with E-state index in [9.17, 15) is 0 Å². The van der Waals surface area contributed by atoms with E-state index in [1.165, 1.54) is 183 Å². The van der Waals surface area contributed by atoms with E-state index >= 15 is 0 Å². The Kier molecular flexibility index (Phi) is 21.8. The van der Waals surface area contributed by atoms with Crippen molar-refractivity contribution in [2.24, 2.45) is 0 Å². The van der Waals surface area contributed by atoms with E-state index in [0.717, 1.165) is 24.2 Å². The molecule has 2 nitrogen and oxygen atoms in total. The number of rotatable bonds is 30. The normalized spacial score (nSPS) is 11.4. The third-order valence-electron chi connectivity index (χ3n) is 11.8. The van der Waals surface area contributed by atoms with E-state index in [1.54, 1.807) is 22.3 Å². The lowest BCUT2D eigenvalue weighted by molar-refractivity contribution is 0.557. The van der Waals surface area contributed by atoms with E-state index in [2.05, 4.69) is 74.5 Å². The van der Waals surface area contributed by atoms with Crippen molar-refractivity contribution in [3.63, 3.8) is 0 Å². The second kappa shape index (κ2) is 27.1. The van der Waals surface area contributed by atoms with Crippen LogP contribution in [0.3, 0.4) is 0 Å². The van der Waals surface area contributed by atoms with Gasteiger partial charge in [0.05, 0.1) is 0 Å². The van der Waals surface area contributed by atoms with Crippen LogP contribution < -0.4 is 11.5 Å². The van der Waals surface area contributed by atoms with Gasteiger partial charge >= 0.3 is 0 Å². The van der Waals surface area contributed by atoms with Crippen molar-refractivity contribution in [1.82, 2.24) is 0 Å². The lowest BCUT2D eigenvalue weighted by Crippen LogP contribution is -1.99. The first-order chi connectivity index (χ1) is 27.0. The summed E-state index contributed by atoms with van der Waals surface area (Å²) in [6.07, 6.45) is 35.5. The molecule has 0 aliphatic heterocycles. The second-order valence-electron chi connectivity index (χ2n) is 16.8. The second-order valence-corrected chi connectivity index (χ2v) is 16.8. The van der Waals surface area contributed by atoms with Gasteiger partial charge in [-0.3, -0.25) is 0 Å². The number of nitrogen functional groups attached to an aromatic ring is 2. The first-order valence-corrected chi connectivity index (χ1v) is 22.9. The maximum absolute atomic E-state index is 5.94. The van der Waals surface area contributed by atoms with Gasteiger partial charge in [-0.05, 0) is 133 Å². The minimum Gasteiger partial charge on any atom is -0.399 e. The molecule has 0 aliphatic rings. The molecular formula is C53H78N2. The molecule has 0 radical (unpaired) electrons. The molecule has 0 saturated heterocycles. The zero-order chi connectivity index (χ0) is 38.8. The molecule has 4 aromatic rings. The van der Waals surface area contributed by atoms with Gasteiger partial charge in [0.1, 0.15) is 0 Å². The largest absolute Gasteiger partial charge is 0.399 e. The van der Waals surface area contributed by atoms with Gasteiger partial charge in [-0.25, -0.2) is 0 Å². The lowest BCUT2D eigenvalue weighted by Gasteiger charge is -2.13. The molecule has 4 aromatic carbocycles. The zero-order valence-electron chi connectivity index (χ0n) is 35.3. The summed E-state index contributed by atoms with van der Waals surface area (Å²) < 4.78 is 0. The van der Waals surface area contributed by atoms with Crippen molar-refractivity contribution in [1.29, 1.82) is 0 Å². The lowest BCUT2D eigenvalue weighted by atomic mass is 9.92. The standard InChI is InChI=1S/C53H78N2/c1-3-5-7-9-16-22-26-50-42-46(40-44-30-36-52(54)37-31-44)28-34-48(50)24-20-18-14-12-11-13-15-19-21-25-49-35-29-47(41-45-32-38-53(55)39-33-45)43-51(49)27-23-17-10-8-6-4-2/h28-39,42-43H,3-27,40-41,54-55H2,1-2H3. The highest BCUT2D eigenvalue weighted by atomic mass is 14.5. The first-order valence-electron chi connectivity index (χ1n) is 22.9. The van der Waals surface area contributed by atoms with Gasteiger partial charge in [0, 0.05) is 11.4 Å². The van der Waals surface area contributed by atoms with Gasteiger partial charge in [0.2, 0.25) is 0 Å². The Hall–Kier alpha value is -3.52. The monoisotopic (exact) mass is 743 g/mol. The van der Waals surface area contributed by atoms with Crippen LogP contribution in [-0.2, 0) is 38.5 Å². The van der Waals surface area contributed by atoms with Gasteiger partial charge in [-0.15, -0.1) is 0 Å². The number of hydrogen-bond acceptors (Lipinski definition) is 2. The maximum Gasteiger partial charge on any atom is 0.0314 e. The number of nitrogens with two attached hydrogens (primary N) is 2. The Morgan fingerprint density at radius 1 is 0.291 bits per heavy atom. The Labute approximate surface area is 338 Å². The van der Waals surface area contributed by atoms with Crippen molar-refractivity contribution in [2.45, 2.75) is 187 Å². The topological polar surface area (TPSA) is 52.0 Å². The van der Waals surface area contributed by atoms with Gasteiger partial charge in [0.15, 0.2) is 0 Å². The summed E-state index contributed by atoms with van der Waals surface area (Å²) in [5.74, 6) is 0. The minimum atomic E-state index is 0.843. The van der Waals surface area contributed by atoms with Crippen LogP contribution >= 0.6 is 0 Å². The van der Waals surface area contributed by atoms with Crippen LogP contribution in [0.1, 0.15) is 193 Å². The van der Waals surface area contributed by atoms with E-state index in [1.807, 2.05) is 24.3 Å². The highest BCUT2D eigenvalue weighted by Crippen LogP contribution is 2.24. The van der Waals surface area contributed by atoms with Crippen LogP contribution in [-0.4, -0.2) is 0 Å². The summed E-state index contributed by atoms with van der Waals surface area (Å²) in [7, 11) is 0. The molecule has 0 heterocycles. The number of aryl methyl sites for hydroxylation is 4. The molecule has 4 rings (SSSR count). The van der Waals surface area contributed by atoms with Crippen LogP contribution in [0.2, 0.25) is 0 Å². The molecule has 0 aliphatic carbocycles. The zero-order valence-corrected chi connectivity index (χ0v) is 35.3. The fraction of sp³-hybridized carbons (Fsp3) is 0.547. The number of benzene rings is 4. The van der Waals surface area contributed by atoms with Crippen molar-refractivity contribution >= 4 is 11.4 Å². The molecule has 0 aromatic heterocycles. The van der Waals surface area contributed by atoms with Crippen molar-refractivity contribution < 1.29 is 0 Å². The van der Waals surface area contributed by atoms with Crippen LogP contribution in [0, 0.1) is 0 Å². The molecule has 0 amide bonds. The van der Waals surface area contributed by atoms with Crippen LogP contribution in [0.4, 0.5) is 11.4 Å². The van der Waals surface area contributed by atoms with Crippen LogP contribution in [0.25, 0.3) is 0 Å². The third-order valence-corrected chi connectivity index (χ3v) is 11.8. The molecule has 0 saturated carbocycles. The summed E-state index contributed by atoms with van der Waals surface area (Å²) in [5.41, 5.74) is 25.5. The molecule has 0 fully saturated rings.